The third-order valence-corrected chi connectivity index (χ3v) is 4.92. The first kappa shape index (κ1) is 14.3. The number of hydrogen-bond acceptors (Lipinski definition) is 3. The number of hydrogen-bond donors (Lipinski definition) is 2. The molecule has 0 fully saturated rings. The van der Waals surface area contributed by atoms with E-state index in [4.69, 9.17) is 0 Å². The van der Waals surface area contributed by atoms with Gasteiger partial charge in [0.1, 0.15) is 0 Å². The van der Waals surface area contributed by atoms with Gasteiger partial charge >= 0.3 is 0 Å². The molecule has 4 nitrogen and oxygen atoms in total. The lowest BCUT2D eigenvalue weighted by Crippen LogP contribution is -2.30. The van der Waals surface area contributed by atoms with Gasteiger partial charge in [-0.25, -0.2) is 4.98 Å². The molecule has 4 heteroatoms. The molecule has 3 aromatic rings. The SMILES string of the molecule is Cc1nc2c(NC3c4ccccc4CCC3O)cccn2c1C. The largest absolute Gasteiger partial charge is 0.391 e. The summed E-state index contributed by atoms with van der Waals surface area (Å²) < 4.78 is 2.10. The van der Waals surface area contributed by atoms with E-state index < -0.39 is 0 Å². The molecule has 0 amide bonds. The van der Waals surface area contributed by atoms with Gasteiger partial charge in [0.25, 0.3) is 0 Å². The molecule has 2 N–H and O–H groups in total. The summed E-state index contributed by atoms with van der Waals surface area (Å²) in [5, 5.41) is 14.1. The molecule has 4 rings (SSSR count). The topological polar surface area (TPSA) is 49.6 Å². The monoisotopic (exact) mass is 307 g/mol. The van der Waals surface area contributed by atoms with E-state index in [1.165, 1.54) is 11.1 Å². The molecule has 0 radical (unpaired) electrons. The lowest BCUT2D eigenvalue weighted by Gasteiger charge is -2.31. The molecule has 23 heavy (non-hydrogen) atoms. The van der Waals surface area contributed by atoms with Crippen molar-refractivity contribution in [2.45, 2.75) is 38.8 Å². The molecule has 118 valence electrons. The lowest BCUT2D eigenvalue weighted by atomic mass is 9.85. The van der Waals surface area contributed by atoms with Crippen LogP contribution in [-0.2, 0) is 6.42 Å². The summed E-state index contributed by atoms with van der Waals surface area (Å²) in [6.45, 7) is 4.10. The maximum absolute atomic E-state index is 10.5. The Labute approximate surface area is 135 Å². The number of fused-ring (bicyclic) bond motifs is 2. The van der Waals surface area contributed by atoms with Crippen molar-refractivity contribution >= 4 is 11.3 Å². The third kappa shape index (κ3) is 2.30. The quantitative estimate of drug-likeness (QED) is 0.763. The van der Waals surface area contributed by atoms with Crippen molar-refractivity contribution in [1.82, 2.24) is 9.38 Å². The molecule has 2 unspecified atom stereocenters. The molecule has 0 saturated heterocycles. The van der Waals surface area contributed by atoms with E-state index in [0.717, 1.165) is 35.6 Å². The number of anilines is 1. The number of aryl methyl sites for hydroxylation is 3. The Morgan fingerprint density at radius 3 is 2.87 bits per heavy atom. The average Bonchev–Trinajstić information content (AvgIpc) is 2.86. The Kier molecular flexibility index (Phi) is 3.34. The van der Waals surface area contributed by atoms with Gasteiger partial charge in [0.15, 0.2) is 5.65 Å². The van der Waals surface area contributed by atoms with Crippen LogP contribution in [0.4, 0.5) is 5.69 Å². The number of nitrogens with one attached hydrogen (secondary N) is 1. The van der Waals surface area contributed by atoms with Crippen molar-refractivity contribution in [1.29, 1.82) is 0 Å². The summed E-state index contributed by atoms with van der Waals surface area (Å²) in [7, 11) is 0. The lowest BCUT2D eigenvalue weighted by molar-refractivity contribution is 0.135. The Hall–Kier alpha value is -2.33. The van der Waals surface area contributed by atoms with Gasteiger partial charge in [-0.1, -0.05) is 24.3 Å². The fourth-order valence-corrected chi connectivity index (χ4v) is 3.50. The van der Waals surface area contributed by atoms with Gasteiger partial charge in [0.05, 0.1) is 23.5 Å². The van der Waals surface area contributed by atoms with Crippen molar-refractivity contribution < 1.29 is 5.11 Å². The molecule has 2 aromatic heterocycles. The fraction of sp³-hybridized carbons (Fsp3) is 0.316. The van der Waals surface area contributed by atoms with Gasteiger partial charge < -0.3 is 14.8 Å². The minimum absolute atomic E-state index is 0.0940. The fourth-order valence-electron chi connectivity index (χ4n) is 3.50. The number of rotatable bonds is 2. The zero-order chi connectivity index (χ0) is 16.0. The highest BCUT2D eigenvalue weighted by atomic mass is 16.3. The molecule has 2 atom stereocenters. The van der Waals surface area contributed by atoms with E-state index in [2.05, 4.69) is 39.8 Å². The second kappa shape index (κ2) is 5.39. The highest BCUT2D eigenvalue weighted by Crippen LogP contribution is 2.33. The summed E-state index contributed by atoms with van der Waals surface area (Å²) in [5.41, 5.74) is 6.56. The van der Waals surface area contributed by atoms with Gasteiger partial charge in [-0.15, -0.1) is 0 Å². The minimum atomic E-state index is -0.387. The van der Waals surface area contributed by atoms with Crippen LogP contribution in [0.1, 0.15) is 35.0 Å². The standard InChI is InChI=1S/C19H21N3O/c1-12-13(2)22-11-5-8-16(19(22)20-12)21-18-15-7-4-3-6-14(15)9-10-17(18)23/h3-8,11,17-18,21,23H,9-10H2,1-2H3. The highest BCUT2D eigenvalue weighted by molar-refractivity contribution is 5.69. The van der Waals surface area contributed by atoms with Crippen molar-refractivity contribution in [3.63, 3.8) is 0 Å². The molecular formula is C19H21N3O. The number of pyridine rings is 1. The van der Waals surface area contributed by atoms with Crippen LogP contribution >= 0.6 is 0 Å². The van der Waals surface area contributed by atoms with E-state index >= 15 is 0 Å². The predicted octanol–water partition coefficient (Wildman–Crippen LogP) is 3.41. The van der Waals surface area contributed by atoms with Crippen molar-refractivity contribution in [3.05, 3.63) is 65.1 Å². The molecule has 0 bridgehead atoms. The Balaban J connectivity index is 1.78. The van der Waals surface area contributed by atoms with Gasteiger partial charge in [-0.3, -0.25) is 0 Å². The molecule has 1 aliphatic rings. The summed E-state index contributed by atoms with van der Waals surface area (Å²) in [6, 6.07) is 12.3. The van der Waals surface area contributed by atoms with E-state index in [1.54, 1.807) is 0 Å². The molecular weight excluding hydrogens is 286 g/mol. The minimum Gasteiger partial charge on any atom is -0.391 e. The second-order valence-electron chi connectivity index (χ2n) is 6.32. The first-order valence-electron chi connectivity index (χ1n) is 8.12. The number of aliphatic hydroxyl groups excluding tert-OH is 1. The van der Waals surface area contributed by atoms with Crippen molar-refractivity contribution in [2.75, 3.05) is 5.32 Å². The first-order valence-corrected chi connectivity index (χ1v) is 8.12. The van der Waals surface area contributed by atoms with E-state index in [9.17, 15) is 5.11 Å². The van der Waals surface area contributed by atoms with Crippen LogP contribution in [0, 0.1) is 13.8 Å². The normalized spacial score (nSPS) is 20.5. The van der Waals surface area contributed by atoms with E-state index in [0.29, 0.717) is 0 Å². The van der Waals surface area contributed by atoms with Crippen LogP contribution in [0.5, 0.6) is 0 Å². The third-order valence-electron chi connectivity index (χ3n) is 4.92. The number of imidazole rings is 1. The maximum atomic E-state index is 10.5. The maximum Gasteiger partial charge on any atom is 0.160 e. The number of benzene rings is 1. The van der Waals surface area contributed by atoms with Gasteiger partial charge in [-0.05, 0) is 49.9 Å². The van der Waals surface area contributed by atoms with Crippen LogP contribution in [0.25, 0.3) is 5.65 Å². The van der Waals surface area contributed by atoms with Gasteiger partial charge in [0, 0.05) is 11.9 Å². The number of aromatic nitrogens is 2. The first-order chi connectivity index (χ1) is 11.1. The molecule has 0 saturated carbocycles. The van der Waals surface area contributed by atoms with Crippen LogP contribution in [0.3, 0.4) is 0 Å². The van der Waals surface area contributed by atoms with Gasteiger partial charge in [-0.2, -0.15) is 0 Å². The molecule has 1 aromatic carbocycles. The Morgan fingerprint density at radius 1 is 1.17 bits per heavy atom. The number of nitrogens with zero attached hydrogens (tertiary/aromatic N) is 2. The average molecular weight is 307 g/mol. The predicted molar refractivity (Wildman–Crippen MR) is 91.8 cm³/mol. The second-order valence-corrected chi connectivity index (χ2v) is 6.32. The molecule has 0 aliphatic heterocycles. The molecule has 0 spiro atoms. The summed E-state index contributed by atoms with van der Waals surface area (Å²) in [5.74, 6) is 0. The zero-order valence-electron chi connectivity index (χ0n) is 13.5. The van der Waals surface area contributed by atoms with Crippen LogP contribution in [0.15, 0.2) is 42.6 Å². The Morgan fingerprint density at radius 2 is 2.00 bits per heavy atom. The Bertz CT molecular complexity index is 868. The summed E-state index contributed by atoms with van der Waals surface area (Å²) in [6.07, 6.45) is 3.36. The number of aliphatic hydroxyl groups is 1. The van der Waals surface area contributed by atoms with E-state index in [-0.39, 0.29) is 12.1 Å². The summed E-state index contributed by atoms with van der Waals surface area (Å²) >= 11 is 0. The smallest absolute Gasteiger partial charge is 0.160 e. The van der Waals surface area contributed by atoms with E-state index in [1.807, 2.05) is 31.3 Å². The highest BCUT2D eigenvalue weighted by Gasteiger charge is 2.28. The summed E-state index contributed by atoms with van der Waals surface area (Å²) in [4.78, 5) is 4.68. The molecule has 2 heterocycles. The van der Waals surface area contributed by atoms with Crippen LogP contribution < -0.4 is 5.32 Å². The van der Waals surface area contributed by atoms with Crippen LogP contribution in [-0.4, -0.2) is 20.6 Å². The molecule has 1 aliphatic carbocycles. The van der Waals surface area contributed by atoms with Gasteiger partial charge in [0.2, 0.25) is 0 Å². The van der Waals surface area contributed by atoms with Crippen LogP contribution in [0.2, 0.25) is 0 Å². The zero-order valence-corrected chi connectivity index (χ0v) is 13.5. The van der Waals surface area contributed by atoms with Crippen molar-refractivity contribution in [2.24, 2.45) is 0 Å². The van der Waals surface area contributed by atoms with Crippen molar-refractivity contribution in [3.8, 4) is 0 Å².